The number of aromatic nitrogens is 1. The number of esters is 1. The predicted octanol–water partition coefficient (Wildman–Crippen LogP) is 3.28. The lowest BCUT2D eigenvalue weighted by Gasteiger charge is -2.17. The van der Waals surface area contributed by atoms with Crippen molar-refractivity contribution in [3.63, 3.8) is 0 Å². The fourth-order valence-electron chi connectivity index (χ4n) is 1.90. The Morgan fingerprint density at radius 3 is 2.67 bits per heavy atom. The number of ether oxygens (including phenoxy) is 1. The van der Waals surface area contributed by atoms with E-state index in [0.29, 0.717) is 22.1 Å². The van der Waals surface area contributed by atoms with Gasteiger partial charge in [-0.3, -0.25) is 0 Å². The van der Waals surface area contributed by atoms with Gasteiger partial charge in [0.25, 0.3) is 0 Å². The fraction of sp³-hybridized carbons (Fsp3) is 0.200. The highest BCUT2D eigenvalue weighted by molar-refractivity contribution is 6.30. The summed E-state index contributed by atoms with van der Waals surface area (Å²) in [4.78, 5) is 15.9. The van der Waals surface area contributed by atoms with Crippen LogP contribution in [-0.4, -0.2) is 18.1 Å². The molecule has 2 rings (SSSR count). The van der Waals surface area contributed by atoms with Gasteiger partial charge in [0.2, 0.25) is 0 Å². The van der Waals surface area contributed by atoms with Crippen LogP contribution in [0.5, 0.6) is 0 Å². The third-order valence-electron chi connectivity index (χ3n) is 3.04. The molecule has 21 heavy (non-hydrogen) atoms. The van der Waals surface area contributed by atoms with Gasteiger partial charge in [-0.1, -0.05) is 23.7 Å². The number of carbonyl (C=O) groups excluding carboxylic acids is 1. The van der Waals surface area contributed by atoms with Crippen LogP contribution in [-0.2, 0) is 4.74 Å². The summed E-state index contributed by atoms with van der Waals surface area (Å²) in [5.41, 5.74) is 7.39. The van der Waals surface area contributed by atoms with E-state index < -0.39 is 5.97 Å². The molecule has 0 aliphatic rings. The molecule has 3 N–H and O–H groups in total. The van der Waals surface area contributed by atoms with E-state index in [9.17, 15) is 4.79 Å². The number of nitrogens with two attached hydrogens (primary N) is 1. The molecule has 0 radical (unpaired) electrons. The molecule has 1 aromatic carbocycles. The lowest BCUT2D eigenvalue weighted by Crippen LogP contribution is -2.13. The van der Waals surface area contributed by atoms with Crippen molar-refractivity contribution in [1.29, 1.82) is 0 Å². The predicted molar refractivity (Wildman–Crippen MR) is 83.5 cm³/mol. The summed E-state index contributed by atoms with van der Waals surface area (Å²) < 4.78 is 4.74. The number of nitrogens with zero attached hydrogens (tertiary/aromatic N) is 1. The van der Waals surface area contributed by atoms with Gasteiger partial charge in [-0.15, -0.1) is 0 Å². The Bertz CT molecular complexity index is 644. The van der Waals surface area contributed by atoms with Crippen LogP contribution in [0.1, 0.15) is 28.9 Å². The van der Waals surface area contributed by atoms with E-state index in [0.717, 1.165) is 5.56 Å². The van der Waals surface area contributed by atoms with Crippen LogP contribution in [0.2, 0.25) is 5.02 Å². The highest BCUT2D eigenvalue weighted by atomic mass is 35.5. The number of carbonyl (C=O) groups is 1. The summed E-state index contributed by atoms with van der Waals surface area (Å²) in [5.74, 6) is -0.0564. The second-order valence-corrected chi connectivity index (χ2v) is 5.01. The van der Waals surface area contributed by atoms with Crippen molar-refractivity contribution in [2.24, 2.45) is 0 Å². The fourth-order valence-corrected chi connectivity index (χ4v) is 2.03. The van der Waals surface area contributed by atoms with Gasteiger partial charge in [0.1, 0.15) is 11.4 Å². The zero-order valence-corrected chi connectivity index (χ0v) is 12.5. The molecular formula is C15H16ClN3O2. The normalized spacial score (nSPS) is 11.8. The molecule has 1 aromatic heterocycles. The van der Waals surface area contributed by atoms with E-state index in [2.05, 4.69) is 10.3 Å². The molecule has 1 heterocycles. The number of hydrogen-bond donors (Lipinski definition) is 2. The lowest BCUT2D eigenvalue weighted by molar-refractivity contribution is 0.0601. The van der Waals surface area contributed by atoms with Gasteiger partial charge in [-0.05, 0) is 30.7 Å². The van der Waals surface area contributed by atoms with Crippen molar-refractivity contribution in [2.45, 2.75) is 13.0 Å². The molecule has 0 saturated heterocycles. The average Bonchev–Trinajstić information content (AvgIpc) is 2.48. The van der Waals surface area contributed by atoms with Crippen molar-refractivity contribution in [2.75, 3.05) is 18.2 Å². The summed E-state index contributed by atoms with van der Waals surface area (Å²) in [7, 11) is 1.32. The number of halogens is 1. The van der Waals surface area contributed by atoms with Crippen LogP contribution in [0.3, 0.4) is 0 Å². The molecule has 0 bridgehead atoms. The Hall–Kier alpha value is -2.27. The number of nitrogen functional groups attached to an aromatic ring is 1. The minimum atomic E-state index is -0.486. The summed E-state index contributed by atoms with van der Waals surface area (Å²) in [5, 5.41) is 3.85. The first-order valence-corrected chi connectivity index (χ1v) is 6.75. The maximum atomic E-state index is 11.8. The highest BCUT2D eigenvalue weighted by Gasteiger charge is 2.16. The molecule has 0 amide bonds. The van der Waals surface area contributed by atoms with Crippen LogP contribution in [0.4, 0.5) is 11.5 Å². The van der Waals surface area contributed by atoms with Crippen LogP contribution >= 0.6 is 11.6 Å². The molecule has 6 heteroatoms. The number of benzene rings is 1. The molecule has 1 unspecified atom stereocenters. The van der Waals surface area contributed by atoms with Crippen molar-refractivity contribution in [1.82, 2.24) is 4.98 Å². The maximum Gasteiger partial charge on any atom is 0.341 e. The van der Waals surface area contributed by atoms with Gasteiger partial charge >= 0.3 is 5.97 Å². The van der Waals surface area contributed by atoms with E-state index in [1.165, 1.54) is 19.4 Å². The third kappa shape index (κ3) is 3.64. The smallest absolute Gasteiger partial charge is 0.341 e. The molecule has 2 aromatic rings. The number of nitrogens with one attached hydrogen (secondary N) is 1. The van der Waals surface area contributed by atoms with Crippen molar-refractivity contribution in [3.8, 4) is 0 Å². The Morgan fingerprint density at radius 2 is 2.05 bits per heavy atom. The van der Waals surface area contributed by atoms with Crippen molar-refractivity contribution < 1.29 is 9.53 Å². The lowest BCUT2D eigenvalue weighted by atomic mass is 10.1. The van der Waals surface area contributed by atoms with Gasteiger partial charge in [0.15, 0.2) is 0 Å². The van der Waals surface area contributed by atoms with E-state index in [4.69, 9.17) is 22.1 Å². The Morgan fingerprint density at radius 1 is 1.38 bits per heavy atom. The highest BCUT2D eigenvalue weighted by Crippen LogP contribution is 2.23. The minimum absolute atomic E-state index is 0.0539. The van der Waals surface area contributed by atoms with Crippen LogP contribution in [0.15, 0.2) is 36.5 Å². The molecule has 5 nitrogen and oxygen atoms in total. The number of pyridine rings is 1. The molecule has 0 saturated carbocycles. The molecular weight excluding hydrogens is 290 g/mol. The zero-order chi connectivity index (χ0) is 15.4. The third-order valence-corrected chi connectivity index (χ3v) is 3.29. The second kappa shape index (κ2) is 6.45. The Balaban J connectivity index is 2.26. The number of methoxy groups -OCH3 is 1. The largest absolute Gasteiger partial charge is 0.465 e. The molecule has 0 fully saturated rings. The summed E-state index contributed by atoms with van der Waals surface area (Å²) in [6.45, 7) is 1.96. The quantitative estimate of drug-likeness (QED) is 0.848. The van der Waals surface area contributed by atoms with Gasteiger partial charge < -0.3 is 15.8 Å². The van der Waals surface area contributed by atoms with Gasteiger partial charge in [0.05, 0.1) is 19.0 Å². The first-order valence-electron chi connectivity index (χ1n) is 6.37. The summed E-state index contributed by atoms with van der Waals surface area (Å²) >= 11 is 5.87. The Labute approximate surface area is 128 Å². The van der Waals surface area contributed by atoms with Crippen LogP contribution in [0, 0.1) is 0 Å². The first kappa shape index (κ1) is 15.1. The van der Waals surface area contributed by atoms with Gasteiger partial charge in [-0.25, -0.2) is 9.78 Å². The van der Waals surface area contributed by atoms with E-state index in [1.807, 2.05) is 31.2 Å². The van der Waals surface area contributed by atoms with E-state index >= 15 is 0 Å². The van der Waals surface area contributed by atoms with Gasteiger partial charge in [0, 0.05) is 11.1 Å². The van der Waals surface area contributed by atoms with E-state index in [1.54, 1.807) is 0 Å². The second-order valence-electron chi connectivity index (χ2n) is 4.57. The molecule has 0 aliphatic carbocycles. The standard InChI is InChI=1S/C15H16ClN3O2/c1-9(10-3-5-11(16)6-4-10)19-14-13(15(20)21-2)7-12(17)8-18-14/h3-9H,17H2,1-2H3,(H,18,19). The average molecular weight is 306 g/mol. The zero-order valence-electron chi connectivity index (χ0n) is 11.8. The summed E-state index contributed by atoms with van der Waals surface area (Å²) in [6, 6.07) is 8.93. The number of hydrogen-bond acceptors (Lipinski definition) is 5. The molecule has 110 valence electrons. The maximum absolute atomic E-state index is 11.8. The molecule has 0 spiro atoms. The summed E-state index contributed by atoms with van der Waals surface area (Å²) in [6.07, 6.45) is 1.49. The van der Waals surface area contributed by atoms with Crippen molar-refractivity contribution >= 4 is 29.1 Å². The molecule has 1 atom stereocenters. The SMILES string of the molecule is COC(=O)c1cc(N)cnc1NC(C)c1ccc(Cl)cc1. The van der Waals surface area contributed by atoms with Gasteiger partial charge in [-0.2, -0.15) is 0 Å². The first-order chi connectivity index (χ1) is 10.0. The van der Waals surface area contributed by atoms with Crippen LogP contribution in [0.25, 0.3) is 0 Å². The number of anilines is 2. The Kier molecular flexibility index (Phi) is 4.65. The van der Waals surface area contributed by atoms with Crippen LogP contribution < -0.4 is 11.1 Å². The van der Waals surface area contributed by atoms with E-state index in [-0.39, 0.29) is 6.04 Å². The van der Waals surface area contributed by atoms with Crippen molar-refractivity contribution in [3.05, 3.63) is 52.7 Å². The topological polar surface area (TPSA) is 77.2 Å². The number of rotatable bonds is 4. The monoisotopic (exact) mass is 305 g/mol. The molecule has 0 aliphatic heterocycles. The minimum Gasteiger partial charge on any atom is -0.465 e.